The first-order valence-corrected chi connectivity index (χ1v) is 8.68. The summed E-state index contributed by atoms with van der Waals surface area (Å²) in [5, 5.41) is 8.16. The topological polar surface area (TPSA) is 76.9 Å². The molecule has 122 valence electrons. The van der Waals surface area contributed by atoms with Crippen LogP contribution in [0.4, 0.5) is 0 Å². The summed E-state index contributed by atoms with van der Waals surface area (Å²) in [6, 6.07) is 1.69. The van der Waals surface area contributed by atoms with E-state index in [2.05, 4.69) is 15.4 Å². The monoisotopic (exact) mass is 332 g/mol. The lowest BCUT2D eigenvalue weighted by Gasteiger charge is -2.15. The predicted octanol–water partition coefficient (Wildman–Crippen LogP) is 1.63. The van der Waals surface area contributed by atoms with Gasteiger partial charge in [-0.25, -0.2) is 9.67 Å². The van der Waals surface area contributed by atoms with Gasteiger partial charge in [-0.2, -0.15) is 5.10 Å². The number of nitrogens with zero attached hydrogens (tertiary/aromatic N) is 3. The Hall–Kier alpha value is -2.02. The number of hydrogen-bond donors (Lipinski definition) is 1. The molecule has 2 heterocycles. The molecule has 2 aromatic rings. The second-order valence-corrected chi connectivity index (χ2v) is 6.99. The highest BCUT2D eigenvalue weighted by molar-refractivity contribution is 7.13. The molecule has 1 aliphatic carbocycles. The van der Waals surface area contributed by atoms with Gasteiger partial charge in [0.1, 0.15) is 4.88 Å². The maximum atomic E-state index is 12.1. The number of aryl methyl sites for hydroxylation is 4. The number of amides is 1. The third kappa shape index (κ3) is 3.50. The lowest BCUT2D eigenvalue weighted by atomic mass is 9.97. The molecule has 0 spiro atoms. The van der Waals surface area contributed by atoms with Gasteiger partial charge in [0.2, 0.25) is 0 Å². The predicted molar refractivity (Wildman–Crippen MR) is 89.1 cm³/mol. The molecule has 7 heteroatoms. The molecule has 1 aliphatic rings. The molecule has 0 aromatic carbocycles. The highest BCUT2D eigenvalue weighted by Crippen LogP contribution is 2.17. The zero-order valence-corrected chi connectivity index (χ0v) is 14.2. The fourth-order valence-electron chi connectivity index (χ4n) is 2.86. The first kappa shape index (κ1) is 15.9. The minimum Gasteiger partial charge on any atom is -0.349 e. The third-order valence-electron chi connectivity index (χ3n) is 3.99. The van der Waals surface area contributed by atoms with E-state index < -0.39 is 0 Å². The Morgan fingerprint density at radius 1 is 1.35 bits per heavy atom. The Kier molecular flexibility index (Phi) is 4.56. The number of rotatable bonds is 4. The van der Waals surface area contributed by atoms with Crippen LogP contribution in [0.25, 0.3) is 0 Å². The quantitative estimate of drug-likeness (QED) is 0.923. The number of fused-ring (bicyclic) bond motifs is 1. The zero-order valence-electron chi connectivity index (χ0n) is 13.4. The first-order chi connectivity index (χ1) is 11.0. The van der Waals surface area contributed by atoms with Gasteiger partial charge in [0.15, 0.2) is 0 Å². The molecule has 1 amide bonds. The number of thiazole rings is 1. The number of hydrogen-bond acceptors (Lipinski definition) is 5. The summed E-state index contributed by atoms with van der Waals surface area (Å²) in [5.41, 5.74) is 2.76. The van der Waals surface area contributed by atoms with E-state index in [1.165, 1.54) is 16.0 Å². The number of nitrogens with one attached hydrogen (secondary N) is 1. The fourth-order valence-corrected chi connectivity index (χ4v) is 3.69. The van der Waals surface area contributed by atoms with E-state index >= 15 is 0 Å². The number of carbonyl (C=O) groups is 1. The first-order valence-electron chi connectivity index (χ1n) is 7.87. The van der Waals surface area contributed by atoms with Crippen LogP contribution in [0.1, 0.15) is 44.5 Å². The molecular weight excluding hydrogens is 312 g/mol. The molecule has 0 bridgehead atoms. The Balaban J connectivity index is 1.64. The summed E-state index contributed by atoms with van der Waals surface area (Å²) >= 11 is 1.38. The summed E-state index contributed by atoms with van der Waals surface area (Å²) in [5.74, 6) is -0.140. The van der Waals surface area contributed by atoms with Crippen molar-refractivity contribution in [2.45, 2.75) is 46.1 Å². The van der Waals surface area contributed by atoms with Crippen molar-refractivity contribution in [3.8, 4) is 0 Å². The lowest BCUT2D eigenvalue weighted by molar-refractivity contribution is 0.0955. The van der Waals surface area contributed by atoms with E-state index in [1.54, 1.807) is 6.07 Å². The van der Waals surface area contributed by atoms with Crippen molar-refractivity contribution in [2.75, 3.05) is 6.54 Å². The molecule has 0 fully saturated rings. The van der Waals surface area contributed by atoms with Crippen LogP contribution in [0, 0.1) is 13.8 Å². The molecule has 1 N–H and O–H groups in total. The summed E-state index contributed by atoms with van der Waals surface area (Å²) in [4.78, 5) is 29.1. The average molecular weight is 332 g/mol. The highest BCUT2D eigenvalue weighted by atomic mass is 32.1. The smallest absolute Gasteiger partial charge is 0.267 e. The van der Waals surface area contributed by atoms with Gasteiger partial charge in [-0.3, -0.25) is 9.59 Å². The van der Waals surface area contributed by atoms with E-state index in [4.69, 9.17) is 0 Å². The standard InChI is InChI=1S/C16H20N4O2S/c1-10-15(23-11(2)18-10)16(22)17-7-8-20-14(21)9-12-5-3-4-6-13(12)19-20/h9H,3-8H2,1-2H3,(H,17,22). The van der Waals surface area contributed by atoms with Crippen molar-refractivity contribution >= 4 is 17.2 Å². The molecule has 0 aliphatic heterocycles. The Labute approximate surface area is 138 Å². The summed E-state index contributed by atoms with van der Waals surface area (Å²) in [7, 11) is 0. The molecule has 0 saturated carbocycles. The maximum Gasteiger partial charge on any atom is 0.267 e. The molecule has 23 heavy (non-hydrogen) atoms. The van der Waals surface area contributed by atoms with Crippen LogP contribution in [-0.4, -0.2) is 27.2 Å². The van der Waals surface area contributed by atoms with Crippen LogP contribution in [0.3, 0.4) is 0 Å². The van der Waals surface area contributed by atoms with Crippen LogP contribution in [0.15, 0.2) is 10.9 Å². The van der Waals surface area contributed by atoms with Gasteiger partial charge in [0, 0.05) is 12.6 Å². The van der Waals surface area contributed by atoms with Gasteiger partial charge in [-0.15, -0.1) is 11.3 Å². The van der Waals surface area contributed by atoms with Crippen LogP contribution in [-0.2, 0) is 19.4 Å². The molecule has 0 radical (unpaired) electrons. The average Bonchev–Trinajstić information content (AvgIpc) is 2.86. The lowest BCUT2D eigenvalue weighted by Crippen LogP contribution is -2.33. The summed E-state index contributed by atoms with van der Waals surface area (Å²) < 4.78 is 1.45. The van der Waals surface area contributed by atoms with Crippen molar-refractivity contribution in [3.63, 3.8) is 0 Å². The SMILES string of the molecule is Cc1nc(C)c(C(=O)NCCn2nc3c(cc2=O)CCCC3)s1. The molecule has 0 unspecified atom stereocenters. The second-order valence-electron chi connectivity index (χ2n) is 5.79. The molecule has 6 nitrogen and oxygen atoms in total. The van der Waals surface area contributed by atoms with E-state index in [9.17, 15) is 9.59 Å². The van der Waals surface area contributed by atoms with E-state index in [0.717, 1.165) is 47.6 Å². The molecular formula is C16H20N4O2S. The number of aromatic nitrogens is 3. The summed E-state index contributed by atoms with van der Waals surface area (Å²) in [6.45, 7) is 4.47. The zero-order chi connectivity index (χ0) is 16.4. The molecule has 3 rings (SSSR count). The molecule has 2 aromatic heterocycles. The van der Waals surface area contributed by atoms with Crippen molar-refractivity contribution in [1.29, 1.82) is 0 Å². The van der Waals surface area contributed by atoms with Crippen LogP contribution in [0.5, 0.6) is 0 Å². The number of carbonyl (C=O) groups excluding carboxylic acids is 1. The highest BCUT2D eigenvalue weighted by Gasteiger charge is 2.15. The van der Waals surface area contributed by atoms with Crippen molar-refractivity contribution in [2.24, 2.45) is 0 Å². The van der Waals surface area contributed by atoms with Crippen molar-refractivity contribution in [3.05, 3.63) is 43.3 Å². The van der Waals surface area contributed by atoms with Crippen molar-refractivity contribution < 1.29 is 4.79 Å². The van der Waals surface area contributed by atoms with Gasteiger partial charge in [-0.05, 0) is 45.1 Å². The van der Waals surface area contributed by atoms with Gasteiger partial charge in [0.05, 0.1) is 22.9 Å². The Bertz CT molecular complexity index is 794. The Morgan fingerprint density at radius 2 is 2.13 bits per heavy atom. The normalized spacial score (nSPS) is 13.7. The molecule has 0 saturated heterocycles. The largest absolute Gasteiger partial charge is 0.349 e. The minimum atomic E-state index is -0.140. The summed E-state index contributed by atoms with van der Waals surface area (Å²) in [6.07, 6.45) is 4.13. The van der Waals surface area contributed by atoms with Gasteiger partial charge >= 0.3 is 0 Å². The van der Waals surface area contributed by atoms with Crippen molar-refractivity contribution in [1.82, 2.24) is 20.1 Å². The molecule has 0 atom stereocenters. The fraction of sp³-hybridized carbons (Fsp3) is 0.500. The van der Waals surface area contributed by atoms with E-state index in [-0.39, 0.29) is 11.5 Å². The van der Waals surface area contributed by atoms with E-state index in [1.807, 2.05) is 13.8 Å². The second kappa shape index (κ2) is 6.62. The van der Waals surface area contributed by atoms with E-state index in [0.29, 0.717) is 18.0 Å². The minimum absolute atomic E-state index is 0.0929. The van der Waals surface area contributed by atoms with Crippen LogP contribution >= 0.6 is 11.3 Å². The maximum absolute atomic E-state index is 12.1. The third-order valence-corrected chi connectivity index (χ3v) is 5.06. The van der Waals surface area contributed by atoms with Gasteiger partial charge in [0.25, 0.3) is 11.5 Å². The van der Waals surface area contributed by atoms with Crippen LogP contribution < -0.4 is 10.9 Å². The van der Waals surface area contributed by atoms with Crippen LogP contribution in [0.2, 0.25) is 0 Å². The van der Waals surface area contributed by atoms with Gasteiger partial charge in [-0.1, -0.05) is 0 Å². The van der Waals surface area contributed by atoms with Gasteiger partial charge < -0.3 is 5.32 Å². The Morgan fingerprint density at radius 3 is 2.87 bits per heavy atom.